The largest absolute Gasteiger partial charge is 0.365 e. The number of thiophene rings is 1. The summed E-state index contributed by atoms with van der Waals surface area (Å²) in [6.45, 7) is 0. The van der Waals surface area contributed by atoms with E-state index in [4.69, 9.17) is 5.73 Å². The molecule has 1 heterocycles. The lowest BCUT2D eigenvalue weighted by atomic mass is 10.1. The van der Waals surface area contributed by atoms with Gasteiger partial charge in [-0.2, -0.15) is 0 Å². The van der Waals surface area contributed by atoms with Crippen molar-refractivity contribution in [1.82, 2.24) is 0 Å². The molecule has 0 unspecified atom stereocenters. The van der Waals surface area contributed by atoms with Crippen LogP contribution in [0.25, 0.3) is 0 Å². The highest BCUT2D eigenvalue weighted by molar-refractivity contribution is 14.1. The van der Waals surface area contributed by atoms with Crippen molar-refractivity contribution in [3.8, 4) is 0 Å². The van der Waals surface area contributed by atoms with Crippen LogP contribution in [0.4, 0.5) is 5.00 Å². The Hall–Kier alpha value is -0.200. The van der Waals surface area contributed by atoms with Crippen LogP contribution in [0, 0.1) is 7.14 Å². The fourth-order valence-corrected chi connectivity index (χ4v) is 6.19. The molecule has 0 saturated heterocycles. The Morgan fingerprint density at radius 1 is 1.26 bits per heavy atom. The van der Waals surface area contributed by atoms with Crippen molar-refractivity contribution in [2.45, 2.75) is 19.3 Å². The molecule has 0 atom stereocenters. The van der Waals surface area contributed by atoms with Gasteiger partial charge in [0.2, 0.25) is 0 Å². The van der Waals surface area contributed by atoms with Crippen molar-refractivity contribution < 1.29 is 9.59 Å². The maximum Gasteiger partial charge on any atom is 0.257 e. The average molecular weight is 617 g/mol. The maximum absolute atomic E-state index is 12.6. The van der Waals surface area contributed by atoms with E-state index < -0.39 is 5.91 Å². The summed E-state index contributed by atoms with van der Waals surface area (Å²) in [5, 5.41) is 3.44. The van der Waals surface area contributed by atoms with E-state index >= 15 is 0 Å². The predicted molar refractivity (Wildman–Crippen MR) is 112 cm³/mol. The van der Waals surface area contributed by atoms with Gasteiger partial charge < -0.3 is 11.1 Å². The van der Waals surface area contributed by atoms with Crippen molar-refractivity contribution in [2.24, 2.45) is 5.73 Å². The smallest absolute Gasteiger partial charge is 0.257 e. The lowest BCUT2D eigenvalue weighted by Crippen LogP contribution is -2.18. The number of aryl methyl sites for hydroxylation is 1. The van der Waals surface area contributed by atoms with Gasteiger partial charge in [-0.15, -0.1) is 11.3 Å². The number of anilines is 1. The molecule has 1 aliphatic rings. The Balaban J connectivity index is 1.97. The first-order valence-corrected chi connectivity index (χ1v) is 10.6. The second kappa shape index (κ2) is 6.96. The van der Waals surface area contributed by atoms with E-state index in [-0.39, 0.29) is 5.91 Å². The van der Waals surface area contributed by atoms with Gasteiger partial charge in [0, 0.05) is 16.5 Å². The predicted octanol–water partition coefficient (Wildman–Crippen LogP) is 4.56. The normalized spacial score (nSPS) is 13.0. The fourth-order valence-electron chi connectivity index (χ4n) is 2.64. The van der Waals surface area contributed by atoms with Gasteiger partial charge in [-0.05, 0) is 98.1 Å². The van der Waals surface area contributed by atoms with E-state index in [1.165, 1.54) is 11.3 Å². The molecule has 3 N–H and O–H groups in total. The third-order valence-electron chi connectivity index (χ3n) is 3.63. The number of nitrogens with one attached hydrogen (secondary N) is 1. The van der Waals surface area contributed by atoms with Crippen molar-refractivity contribution >= 4 is 89.3 Å². The highest BCUT2D eigenvalue weighted by Crippen LogP contribution is 2.39. The molecule has 0 spiro atoms. The SMILES string of the molecule is NC(=O)c1c(NC(=O)c2cc(I)cc(I)c2Br)sc2c1CCC2. The summed E-state index contributed by atoms with van der Waals surface area (Å²) in [4.78, 5) is 25.6. The topological polar surface area (TPSA) is 72.2 Å². The van der Waals surface area contributed by atoms with Gasteiger partial charge in [-0.1, -0.05) is 0 Å². The van der Waals surface area contributed by atoms with Crippen LogP contribution in [-0.2, 0) is 12.8 Å². The van der Waals surface area contributed by atoms with Crippen LogP contribution in [0.2, 0.25) is 0 Å². The number of carbonyl (C=O) groups is 2. The highest BCUT2D eigenvalue weighted by Gasteiger charge is 2.26. The van der Waals surface area contributed by atoms with Crippen molar-refractivity contribution in [2.75, 3.05) is 5.32 Å². The molecule has 0 bridgehead atoms. The zero-order chi connectivity index (χ0) is 16.7. The van der Waals surface area contributed by atoms with E-state index in [0.29, 0.717) is 16.1 Å². The number of hydrogen-bond donors (Lipinski definition) is 2. The first-order valence-electron chi connectivity index (χ1n) is 6.78. The lowest BCUT2D eigenvalue weighted by Gasteiger charge is -2.09. The summed E-state index contributed by atoms with van der Waals surface area (Å²) in [5.74, 6) is -0.716. The summed E-state index contributed by atoms with van der Waals surface area (Å²) in [6.07, 6.45) is 2.84. The van der Waals surface area contributed by atoms with Crippen LogP contribution in [0.1, 0.15) is 37.6 Å². The van der Waals surface area contributed by atoms with Gasteiger partial charge >= 0.3 is 0 Å². The van der Waals surface area contributed by atoms with Crippen LogP contribution in [-0.4, -0.2) is 11.8 Å². The van der Waals surface area contributed by atoms with Crippen LogP contribution >= 0.6 is 72.4 Å². The van der Waals surface area contributed by atoms with Crippen LogP contribution in [0.3, 0.4) is 0 Å². The van der Waals surface area contributed by atoms with Crippen molar-refractivity contribution in [3.63, 3.8) is 0 Å². The molecule has 0 saturated carbocycles. The van der Waals surface area contributed by atoms with E-state index in [1.54, 1.807) is 0 Å². The molecular formula is C15H11BrI2N2O2S. The molecule has 1 aliphatic carbocycles. The van der Waals surface area contributed by atoms with Crippen molar-refractivity contribution in [3.05, 3.63) is 45.3 Å². The molecule has 0 aliphatic heterocycles. The standard InChI is InChI=1S/C15H11BrI2N2O2S/c16-12-8(4-6(17)5-9(12)18)14(22)20-15-11(13(19)21)7-2-1-3-10(7)23-15/h4-5H,1-3H2,(H2,19,21)(H,20,22). The number of amides is 2. The number of rotatable bonds is 3. The second-order valence-electron chi connectivity index (χ2n) is 5.13. The minimum atomic E-state index is -0.476. The Labute approximate surface area is 173 Å². The zero-order valence-corrected chi connectivity index (χ0v) is 18.4. The number of halogens is 3. The monoisotopic (exact) mass is 616 g/mol. The molecule has 120 valence electrons. The van der Waals surface area contributed by atoms with E-state index in [1.807, 2.05) is 12.1 Å². The molecule has 8 heteroatoms. The average Bonchev–Trinajstić information content (AvgIpc) is 3.02. The zero-order valence-electron chi connectivity index (χ0n) is 11.7. The van der Waals surface area contributed by atoms with Crippen LogP contribution < -0.4 is 11.1 Å². The fraction of sp³-hybridized carbons (Fsp3) is 0.200. The molecule has 23 heavy (non-hydrogen) atoms. The molecule has 2 amide bonds. The summed E-state index contributed by atoms with van der Waals surface area (Å²) < 4.78 is 2.69. The molecule has 1 aromatic carbocycles. The summed E-state index contributed by atoms with van der Waals surface area (Å²) in [5.41, 5.74) is 7.56. The second-order valence-corrected chi connectivity index (χ2v) is 9.43. The Morgan fingerprint density at radius 3 is 2.70 bits per heavy atom. The van der Waals surface area contributed by atoms with E-state index in [2.05, 4.69) is 66.4 Å². The first-order chi connectivity index (χ1) is 10.9. The van der Waals surface area contributed by atoms with Crippen molar-refractivity contribution in [1.29, 1.82) is 0 Å². The van der Waals surface area contributed by atoms with E-state index in [0.717, 1.165) is 41.3 Å². The maximum atomic E-state index is 12.6. The Bertz CT molecular complexity index is 835. The van der Waals surface area contributed by atoms with Gasteiger partial charge in [-0.25, -0.2) is 0 Å². The number of fused-ring (bicyclic) bond motifs is 1. The molecule has 2 aromatic rings. The first kappa shape index (κ1) is 17.6. The number of carbonyl (C=O) groups excluding carboxylic acids is 2. The molecule has 0 radical (unpaired) electrons. The summed E-state index contributed by atoms with van der Waals surface area (Å²) >= 11 is 9.28. The van der Waals surface area contributed by atoms with Gasteiger partial charge in [-0.3, -0.25) is 9.59 Å². The molecule has 3 rings (SSSR count). The van der Waals surface area contributed by atoms with Gasteiger partial charge in [0.05, 0.1) is 11.1 Å². The number of hydrogen-bond acceptors (Lipinski definition) is 3. The number of nitrogens with two attached hydrogens (primary N) is 1. The molecule has 4 nitrogen and oxygen atoms in total. The number of primary amides is 1. The Morgan fingerprint density at radius 2 is 2.00 bits per heavy atom. The highest BCUT2D eigenvalue weighted by atomic mass is 127. The minimum Gasteiger partial charge on any atom is -0.365 e. The third-order valence-corrected chi connectivity index (χ3v) is 7.91. The van der Waals surface area contributed by atoms with E-state index in [9.17, 15) is 9.59 Å². The van der Waals surface area contributed by atoms with Gasteiger partial charge in [0.15, 0.2) is 0 Å². The third kappa shape index (κ3) is 3.45. The minimum absolute atomic E-state index is 0.240. The van der Waals surface area contributed by atoms with Gasteiger partial charge in [0.25, 0.3) is 11.8 Å². The summed E-state index contributed by atoms with van der Waals surface area (Å²) in [7, 11) is 0. The molecular weight excluding hydrogens is 606 g/mol. The van der Waals surface area contributed by atoms with Crippen LogP contribution in [0.5, 0.6) is 0 Å². The van der Waals surface area contributed by atoms with Gasteiger partial charge in [0.1, 0.15) is 5.00 Å². The van der Waals surface area contributed by atoms with Crippen LogP contribution in [0.15, 0.2) is 16.6 Å². The Kier molecular flexibility index (Phi) is 5.33. The summed E-state index contributed by atoms with van der Waals surface area (Å²) in [6, 6.07) is 3.80. The number of benzene rings is 1. The molecule has 1 aromatic heterocycles. The molecule has 0 fully saturated rings. The quantitative estimate of drug-likeness (QED) is 0.392. The lowest BCUT2D eigenvalue weighted by molar-refractivity contribution is 0.100.